The van der Waals surface area contributed by atoms with Crippen LogP contribution in [0.3, 0.4) is 0 Å². The highest BCUT2D eigenvalue weighted by Gasteiger charge is 2.18. The van der Waals surface area contributed by atoms with Crippen molar-refractivity contribution in [2.75, 3.05) is 11.9 Å². The van der Waals surface area contributed by atoms with Crippen LogP contribution in [0, 0.1) is 6.92 Å². The van der Waals surface area contributed by atoms with Gasteiger partial charge in [0.05, 0.1) is 18.2 Å². The van der Waals surface area contributed by atoms with E-state index < -0.39 is 0 Å². The molecule has 3 rings (SSSR count). The number of hydrogen-bond donors (Lipinski definition) is 1. The molecule has 5 heteroatoms. The van der Waals surface area contributed by atoms with Crippen LogP contribution in [0.25, 0.3) is 11.1 Å². The second-order valence-corrected chi connectivity index (χ2v) is 5.13. The number of ether oxygens (including phenoxy) is 1. The van der Waals surface area contributed by atoms with Gasteiger partial charge in [0.2, 0.25) is 5.91 Å². The number of anilines is 1. The van der Waals surface area contributed by atoms with Crippen LogP contribution in [0.4, 0.5) is 5.69 Å². The van der Waals surface area contributed by atoms with Gasteiger partial charge in [-0.3, -0.25) is 4.79 Å². The van der Waals surface area contributed by atoms with E-state index in [9.17, 15) is 4.79 Å². The number of benzene rings is 1. The van der Waals surface area contributed by atoms with Crippen molar-refractivity contribution in [3.05, 3.63) is 24.1 Å². The van der Waals surface area contributed by atoms with Crippen LogP contribution in [0.1, 0.15) is 31.6 Å². The van der Waals surface area contributed by atoms with E-state index in [1.165, 1.54) is 0 Å². The molecular weight excluding hydrogens is 256 g/mol. The molecule has 20 heavy (non-hydrogen) atoms. The number of hydrogen-bond acceptors (Lipinski definition) is 4. The van der Waals surface area contributed by atoms with Gasteiger partial charge >= 0.3 is 0 Å². The maximum atomic E-state index is 12.1. The fourth-order valence-electron chi connectivity index (χ4n) is 2.54. The summed E-state index contributed by atoms with van der Waals surface area (Å²) in [7, 11) is 0. The lowest BCUT2D eigenvalue weighted by Crippen LogP contribution is -2.25. The van der Waals surface area contributed by atoms with Crippen molar-refractivity contribution in [1.29, 1.82) is 0 Å². The summed E-state index contributed by atoms with van der Waals surface area (Å²) in [6.45, 7) is 2.55. The normalized spacial score (nSPS) is 19.1. The van der Waals surface area contributed by atoms with E-state index in [4.69, 9.17) is 9.15 Å². The first kappa shape index (κ1) is 13.1. The Kier molecular flexibility index (Phi) is 3.69. The van der Waals surface area contributed by atoms with Crippen LogP contribution in [-0.4, -0.2) is 23.6 Å². The lowest BCUT2D eigenvalue weighted by atomic mass is 10.1. The Morgan fingerprint density at radius 2 is 2.35 bits per heavy atom. The summed E-state index contributed by atoms with van der Waals surface area (Å²) in [4.78, 5) is 16.3. The molecule has 2 aromatic rings. The Labute approximate surface area is 117 Å². The first-order chi connectivity index (χ1) is 9.72. The molecule has 1 saturated heterocycles. The highest BCUT2D eigenvalue weighted by atomic mass is 16.5. The second kappa shape index (κ2) is 5.63. The first-order valence-electron chi connectivity index (χ1n) is 7.00. The number of aryl methyl sites for hydroxylation is 1. The molecular formula is C15H18N2O3. The van der Waals surface area contributed by atoms with Crippen molar-refractivity contribution in [3.63, 3.8) is 0 Å². The molecule has 0 radical (unpaired) electrons. The zero-order chi connectivity index (χ0) is 13.9. The van der Waals surface area contributed by atoms with Crippen molar-refractivity contribution in [3.8, 4) is 0 Å². The summed E-state index contributed by atoms with van der Waals surface area (Å²) >= 11 is 0. The Bertz CT molecular complexity index is 615. The Morgan fingerprint density at radius 1 is 1.45 bits per heavy atom. The van der Waals surface area contributed by atoms with Crippen LogP contribution >= 0.6 is 0 Å². The zero-order valence-corrected chi connectivity index (χ0v) is 11.5. The van der Waals surface area contributed by atoms with Gasteiger partial charge < -0.3 is 14.5 Å². The van der Waals surface area contributed by atoms with Crippen LogP contribution in [0.2, 0.25) is 0 Å². The molecule has 0 bridgehead atoms. The van der Waals surface area contributed by atoms with Crippen LogP contribution in [0.15, 0.2) is 22.6 Å². The third-order valence-corrected chi connectivity index (χ3v) is 3.48. The number of carbonyl (C=O) groups excluding carboxylic acids is 1. The number of carbonyl (C=O) groups is 1. The Balaban J connectivity index is 1.70. The number of rotatable bonds is 3. The lowest BCUT2D eigenvalue weighted by molar-refractivity contribution is -0.119. The van der Waals surface area contributed by atoms with Gasteiger partial charge in [0.15, 0.2) is 11.5 Å². The highest BCUT2D eigenvalue weighted by Crippen LogP contribution is 2.24. The number of amides is 1. The minimum atomic E-state index is -0.0431. The topological polar surface area (TPSA) is 64.4 Å². The zero-order valence-electron chi connectivity index (χ0n) is 11.5. The van der Waals surface area contributed by atoms with Gasteiger partial charge in [-0.25, -0.2) is 4.98 Å². The van der Waals surface area contributed by atoms with Crippen LogP contribution < -0.4 is 5.32 Å². The molecule has 1 aromatic heterocycles. The molecule has 1 aliphatic rings. The third-order valence-electron chi connectivity index (χ3n) is 3.48. The largest absolute Gasteiger partial charge is 0.439 e. The standard InChI is InChI=1S/C15H18N2O3/c1-10-16-12-6-4-7-13(15(12)20-10)17-14(18)9-11-5-2-3-8-19-11/h4,6-7,11H,2-3,5,8-9H2,1H3,(H,17,18). The average molecular weight is 274 g/mol. The molecule has 0 aliphatic carbocycles. The van der Waals surface area contributed by atoms with E-state index in [-0.39, 0.29) is 12.0 Å². The molecule has 5 nitrogen and oxygen atoms in total. The van der Waals surface area contributed by atoms with Crippen LogP contribution in [0.5, 0.6) is 0 Å². The molecule has 1 fully saturated rings. The molecule has 1 amide bonds. The van der Waals surface area contributed by atoms with Gasteiger partial charge in [-0.1, -0.05) is 6.07 Å². The quantitative estimate of drug-likeness (QED) is 0.934. The molecule has 0 spiro atoms. The fraction of sp³-hybridized carbons (Fsp3) is 0.467. The predicted molar refractivity (Wildman–Crippen MR) is 75.6 cm³/mol. The van der Waals surface area contributed by atoms with E-state index in [1.54, 1.807) is 6.92 Å². The van der Waals surface area contributed by atoms with Crippen molar-refractivity contribution in [2.45, 2.75) is 38.7 Å². The van der Waals surface area contributed by atoms with E-state index >= 15 is 0 Å². The summed E-state index contributed by atoms with van der Waals surface area (Å²) in [6, 6.07) is 5.55. The maximum Gasteiger partial charge on any atom is 0.227 e. The van der Waals surface area contributed by atoms with Crippen LogP contribution in [-0.2, 0) is 9.53 Å². The smallest absolute Gasteiger partial charge is 0.227 e. The van der Waals surface area contributed by atoms with Gasteiger partial charge in [-0.05, 0) is 31.4 Å². The molecule has 106 valence electrons. The molecule has 0 saturated carbocycles. The fourth-order valence-corrected chi connectivity index (χ4v) is 2.54. The van der Waals surface area contributed by atoms with Gasteiger partial charge in [0.25, 0.3) is 0 Å². The van der Waals surface area contributed by atoms with Gasteiger partial charge in [-0.15, -0.1) is 0 Å². The molecule has 2 heterocycles. The second-order valence-electron chi connectivity index (χ2n) is 5.13. The summed E-state index contributed by atoms with van der Waals surface area (Å²) in [5.41, 5.74) is 2.06. The number of aromatic nitrogens is 1. The van der Waals surface area contributed by atoms with E-state index in [0.29, 0.717) is 23.6 Å². The average Bonchev–Trinajstić information content (AvgIpc) is 2.81. The summed E-state index contributed by atoms with van der Waals surface area (Å²) < 4.78 is 11.1. The molecule has 1 aromatic carbocycles. The minimum absolute atomic E-state index is 0.0411. The van der Waals surface area contributed by atoms with E-state index in [2.05, 4.69) is 10.3 Å². The molecule has 1 atom stereocenters. The van der Waals surface area contributed by atoms with Gasteiger partial charge in [0, 0.05) is 13.5 Å². The summed E-state index contributed by atoms with van der Waals surface area (Å²) in [5.74, 6) is 0.552. The maximum absolute atomic E-state index is 12.1. The number of nitrogens with zero attached hydrogens (tertiary/aromatic N) is 1. The van der Waals surface area contributed by atoms with Crippen molar-refractivity contribution < 1.29 is 13.9 Å². The Hall–Kier alpha value is -1.88. The molecule has 1 N–H and O–H groups in total. The first-order valence-corrected chi connectivity index (χ1v) is 7.00. The number of nitrogens with one attached hydrogen (secondary N) is 1. The van der Waals surface area contributed by atoms with E-state index in [0.717, 1.165) is 31.4 Å². The third kappa shape index (κ3) is 2.82. The van der Waals surface area contributed by atoms with Crippen molar-refractivity contribution >= 4 is 22.7 Å². The highest BCUT2D eigenvalue weighted by molar-refractivity contribution is 5.98. The minimum Gasteiger partial charge on any atom is -0.439 e. The number of fused-ring (bicyclic) bond motifs is 1. The predicted octanol–water partition coefficient (Wildman–Crippen LogP) is 3.03. The lowest BCUT2D eigenvalue weighted by Gasteiger charge is -2.21. The number of oxazole rings is 1. The molecule has 1 unspecified atom stereocenters. The SMILES string of the molecule is Cc1nc2cccc(NC(=O)CC3CCCCO3)c2o1. The van der Waals surface area contributed by atoms with Crippen molar-refractivity contribution in [2.24, 2.45) is 0 Å². The van der Waals surface area contributed by atoms with Crippen molar-refractivity contribution in [1.82, 2.24) is 4.98 Å². The monoisotopic (exact) mass is 274 g/mol. The summed E-state index contributed by atoms with van der Waals surface area (Å²) in [5, 5.41) is 2.89. The van der Waals surface area contributed by atoms with Gasteiger partial charge in [-0.2, -0.15) is 0 Å². The molecule has 1 aliphatic heterocycles. The number of para-hydroxylation sites is 1. The Morgan fingerprint density at radius 3 is 3.15 bits per heavy atom. The van der Waals surface area contributed by atoms with E-state index in [1.807, 2.05) is 18.2 Å². The summed E-state index contributed by atoms with van der Waals surface area (Å²) in [6.07, 6.45) is 3.62. The van der Waals surface area contributed by atoms with Gasteiger partial charge in [0.1, 0.15) is 5.52 Å².